The highest BCUT2D eigenvalue weighted by Crippen LogP contribution is 2.58. The van der Waals surface area contributed by atoms with E-state index in [4.69, 9.17) is 37.9 Å². The fourth-order valence-corrected chi connectivity index (χ4v) is 8.73. The molecule has 0 radical (unpaired) electrons. The van der Waals surface area contributed by atoms with Crippen molar-refractivity contribution in [1.29, 1.82) is 0 Å². The summed E-state index contributed by atoms with van der Waals surface area (Å²) in [6.07, 6.45) is -12.6. The Bertz CT molecular complexity index is 3720. The lowest BCUT2D eigenvalue weighted by Gasteiger charge is -2.44. The van der Waals surface area contributed by atoms with E-state index in [2.05, 4.69) is 0 Å². The fourth-order valence-electron chi connectivity index (χ4n) is 8.73. The highest BCUT2D eigenvalue weighted by Gasteiger charge is 2.56. The lowest BCUT2D eigenvalue weighted by Crippen LogP contribution is -2.63. The van der Waals surface area contributed by atoms with Crippen LogP contribution in [-0.4, -0.2) is 155 Å². The van der Waals surface area contributed by atoms with Crippen molar-refractivity contribution in [2.45, 2.75) is 30.7 Å². The summed E-state index contributed by atoms with van der Waals surface area (Å²) in [6.45, 7) is -1.35. The molecule has 402 valence electrons. The summed E-state index contributed by atoms with van der Waals surface area (Å²) < 4.78 is 45.0. The van der Waals surface area contributed by atoms with Gasteiger partial charge in [0.25, 0.3) is 0 Å². The quantitative estimate of drug-likeness (QED) is 0.0513. The van der Waals surface area contributed by atoms with Gasteiger partial charge in [-0.2, -0.15) is 0 Å². The van der Waals surface area contributed by atoms with Crippen molar-refractivity contribution in [2.75, 3.05) is 6.61 Å². The van der Waals surface area contributed by atoms with E-state index in [1.165, 1.54) is 0 Å². The number of esters is 6. The van der Waals surface area contributed by atoms with E-state index in [9.17, 15) is 110 Å². The number of hydrogen-bond donors (Lipinski definition) is 16. The van der Waals surface area contributed by atoms with Crippen LogP contribution in [0.3, 0.4) is 0 Å². The Kier molecular flexibility index (Phi) is 11.4. The summed E-state index contributed by atoms with van der Waals surface area (Å²) in [6, 6.07) is 3.39. The molecule has 1 fully saturated rings. The molecule has 5 atom stereocenters. The van der Waals surface area contributed by atoms with Crippen molar-refractivity contribution in [3.8, 4) is 131 Å². The van der Waals surface area contributed by atoms with Crippen molar-refractivity contribution >= 4 is 35.8 Å². The number of aromatic hydroxyl groups is 16. The molecule has 30 heteroatoms. The summed E-state index contributed by atoms with van der Waals surface area (Å²) in [7, 11) is 0. The average Bonchev–Trinajstić information content (AvgIpc) is 3.58. The van der Waals surface area contributed by atoms with Gasteiger partial charge in [-0.1, -0.05) is 0 Å². The van der Waals surface area contributed by atoms with E-state index in [0.29, 0.717) is 42.5 Å². The minimum Gasteiger partial charge on any atom is -0.504 e. The molecule has 0 aromatic heterocycles. The number of benzene rings is 6. The summed E-state index contributed by atoms with van der Waals surface area (Å²) in [5.41, 5.74) is -10.6. The van der Waals surface area contributed by atoms with Crippen LogP contribution in [0.5, 0.6) is 109 Å². The molecule has 0 spiro atoms. The van der Waals surface area contributed by atoms with Crippen molar-refractivity contribution in [1.82, 2.24) is 0 Å². The zero-order valence-electron chi connectivity index (χ0n) is 38.0. The summed E-state index contributed by atoms with van der Waals surface area (Å²) in [5.74, 6) is -34.5. The SMILES string of the molecule is O=C(OC1OC2COC(=O)c3cc4c(c(O)c3-c3c(cc(O)c(O)c3O)C(=O)OC2C2OC(=O)c3cc(O)c(O)c(O)c3-c3c(cc(O)c(O)c3O)C(=O)OC12)OC(=O)c1cc(O)c(O)c(O)c1O4)c1cc(O)c(O)c(O)c1. The number of ether oxygens (including phenoxy) is 8. The number of hydrogen-bond acceptors (Lipinski definition) is 30. The zero-order chi connectivity index (χ0) is 56.4. The lowest BCUT2D eigenvalue weighted by atomic mass is 9.91. The van der Waals surface area contributed by atoms with Crippen LogP contribution in [0, 0.1) is 0 Å². The Hall–Kier alpha value is -11.3. The second-order valence-electron chi connectivity index (χ2n) is 17.0. The van der Waals surface area contributed by atoms with E-state index in [1.54, 1.807) is 0 Å². The van der Waals surface area contributed by atoms with Crippen LogP contribution in [-0.2, 0) is 28.4 Å². The number of rotatable bonds is 2. The van der Waals surface area contributed by atoms with Gasteiger partial charge in [-0.3, -0.25) is 0 Å². The van der Waals surface area contributed by atoms with Crippen molar-refractivity contribution in [3.05, 3.63) is 75.8 Å². The minimum absolute atomic E-state index is 0.370. The molecule has 0 bridgehead atoms. The molecule has 0 saturated carbocycles. The molecule has 0 amide bonds. The highest BCUT2D eigenvalue weighted by atomic mass is 16.7. The van der Waals surface area contributed by atoms with Gasteiger partial charge in [0, 0.05) is 34.4 Å². The summed E-state index contributed by atoms with van der Waals surface area (Å²) in [4.78, 5) is 85.8. The minimum atomic E-state index is -2.61. The predicted molar refractivity (Wildman–Crippen MR) is 240 cm³/mol. The van der Waals surface area contributed by atoms with Crippen LogP contribution in [0.2, 0.25) is 0 Å². The van der Waals surface area contributed by atoms with Crippen LogP contribution in [0.1, 0.15) is 62.1 Å². The third-order valence-electron chi connectivity index (χ3n) is 12.4. The van der Waals surface area contributed by atoms with Crippen LogP contribution < -0.4 is 9.47 Å². The van der Waals surface area contributed by atoms with Crippen molar-refractivity contribution in [3.63, 3.8) is 0 Å². The molecule has 1 saturated heterocycles. The Balaban J connectivity index is 1.18. The molecule has 78 heavy (non-hydrogen) atoms. The van der Waals surface area contributed by atoms with Gasteiger partial charge in [-0.15, -0.1) is 0 Å². The summed E-state index contributed by atoms with van der Waals surface area (Å²) in [5, 5.41) is 171. The predicted octanol–water partition coefficient (Wildman–Crippen LogP) is 2.68. The number of phenols is 16. The van der Waals surface area contributed by atoms with Gasteiger partial charge in [0.1, 0.15) is 18.3 Å². The second-order valence-corrected chi connectivity index (χ2v) is 17.0. The van der Waals surface area contributed by atoms with Gasteiger partial charge < -0.3 is 120 Å². The topological polar surface area (TPSA) is 500 Å². The summed E-state index contributed by atoms with van der Waals surface area (Å²) >= 11 is 0. The molecular formula is C48H30O30. The van der Waals surface area contributed by atoms with E-state index < -0.39 is 238 Å². The van der Waals surface area contributed by atoms with Crippen LogP contribution >= 0.6 is 0 Å². The molecule has 4 heterocycles. The maximum absolute atomic E-state index is 14.8. The molecule has 4 aliphatic rings. The normalized spacial score (nSPS) is 19.4. The standard InChI is InChI=1S/C48H30O30/c49-15-1-9(2-16(50)27(15)55)42(65)78-48-41-40(76-45(68)10-3-17(51)28(56)32(60)23(10)24-11(46(69)77-41)4-18(52)29(57)33(24)61)39-22(73-48)8-71-43(66)13-7-21-38(74-47(70)14-6-20(54)31(59)36(64)37(14)72-21)35(63)26(13)25-12(44(67)75-39)5-19(53)30(58)34(25)62/h1-7,22,39-41,48-64H,8H2. The lowest BCUT2D eigenvalue weighted by molar-refractivity contribution is -0.282. The van der Waals surface area contributed by atoms with Gasteiger partial charge in [0.2, 0.25) is 46.9 Å². The number of cyclic esters (lactones) is 1. The first-order valence-electron chi connectivity index (χ1n) is 21.6. The van der Waals surface area contributed by atoms with Gasteiger partial charge >= 0.3 is 35.8 Å². The number of phenolic OH excluding ortho intramolecular Hbond substituents is 16. The molecule has 16 N–H and O–H groups in total. The number of carbonyl (C=O) groups excluding carboxylic acids is 6. The van der Waals surface area contributed by atoms with Crippen LogP contribution in [0.25, 0.3) is 22.3 Å². The molecule has 6 aromatic carbocycles. The fraction of sp³-hybridized carbons (Fsp3) is 0.125. The van der Waals surface area contributed by atoms with E-state index in [1.807, 2.05) is 0 Å². The monoisotopic (exact) mass is 1090 g/mol. The largest absolute Gasteiger partial charge is 0.504 e. The Morgan fingerprint density at radius 3 is 1.31 bits per heavy atom. The molecular weight excluding hydrogens is 1060 g/mol. The zero-order valence-corrected chi connectivity index (χ0v) is 38.0. The highest BCUT2D eigenvalue weighted by molar-refractivity contribution is 6.11. The molecule has 10 rings (SSSR count). The van der Waals surface area contributed by atoms with Gasteiger partial charge in [-0.05, 0) is 30.3 Å². The maximum atomic E-state index is 14.8. The molecule has 5 unspecified atom stereocenters. The average molecular weight is 1090 g/mol. The first kappa shape index (κ1) is 50.2. The Morgan fingerprint density at radius 2 is 0.808 bits per heavy atom. The first-order valence-corrected chi connectivity index (χ1v) is 21.6. The molecule has 6 aromatic rings. The van der Waals surface area contributed by atoms with Crippen LogP contribution in [0.15, 0.2) is 42.5 Å². The van der Waals surface area contributed by atoms with E-state index >= 15 is 0 Å². The first-order chi connectivity index (χ1) is 36.8. The van der Waals surface area contributed by atoms with Crippen molar-refractivity contribution < 1.29 is 148 Å². The Labute approximate surface area is 428 Å². The third-order valence-corrected chi connectivity index (χ3v) is 12.4. The smallest absolute Gasteiger partial charge is 0.347 e. The van der Waals surface area contributed by atoms with E-state index in [0.717, 1.165) is 0 Å². The third kappa shape index (κ3) is 7.61. The Morgan fingerprint density at radius 1 is 0.397 bits per heavy atom. The molecule has 4 aliphatic heterocycles. The van der Waals surface area contributed by atoms with E-state index in [-0.39, 0.29) is 0 Å². The number of fused-ring (bicyclic) bond motifs is 11. The number of carbonyl (C=O) groups is 6. The van der Waals surface area contributed by atoms with Gasteiger partial charge in [-0.25, -0.2) is 28.8 Å². The van der Waals surface area contributed by atoms with Gasteiger partial charge in [0.15, 0.2) is 87.0 Å². The van der Waals surface area contributed by atoms with Crippen LogP contribution in [0.4, 0.5) is 0 Å². The van der Waals surface area contributed by atoms with Gasteiger partial charge in [0.05, 0.1) is 27.8 Å². The maximum Gasteiger partial charge on any atom is 0.347 e. The van der Waals surface area contributed by atoms with Crippen molar-refractivity contribution in [2.24, 2.45) is 0 Å². The second kappa shape index (κ2) is 17.7. The molecule has 0 aliphatic carbocycles. The molecule has 30 nitrogen and oxygen atoms in total.